The van der Waals surface area contributed by atoms with E-state index in [2.05, 4.69) is 0 Å². The smallest absolute Gasteiger partial charge is 0.156 e. The number of allylic oxidation sites excluding steroid dienone is 3. The molecular formula is C15H19O4-. The van der Waals surface area contributed by atoms with E-state index in [1.807, 2.05) is 13.8 Å². The van der Waals surface area contributed by atoms with Gasteiger partial charge in [0.1, 0.15) is 5.60 Å². The van der Waals surface area contributed by atoms with Crippen LogP contribution in [0.5, 0.6) is 0 Å². The molecule has 0 heterocycles. The quantitative estimate of drug-likeness (QED) is 0.606. The van der Waals surface area contributed by atoms with Gasteiger partial charge in [0, 0.05) is 11.8 Å². The van der Waals surface area contributed by atoms with E-state index in [0.29, 0.717) is 11.1 Å². The highest BCUT2D eigenvalue weighted by Crippen LogP contribution is 2.44. The van der Waals surface area contributed by atoms with E-state index in [1.54, 1.807) is 19.9 Å². The second-order valence-corrected chi connectivity index (χ2v) is 5.66. The number of rotatable bonds is 3. The van der Waals surface area contributed by atoms with Gasteiger partial charge in [-0.2, -0.15) is 0 Å². The second-order valence-electron chi connectivity index (χ2n) is 5.66. The Hall–Kier alpha value is -1.68. The molecule has 19 heavy (non-hydrogen) atoms. The van der Waals surface area contributed by atoms with Crippen LogP contribution in [0, 0.1) is 5.41 Å². The zero-order valence-electron chi connectivity index (χ0n) is 11.7. The largest absolute Gasteiger partial charge is 0.545 e. The molecule has 4 heteroatoms. The number of carboxylic acid groups (broad SMARTS) is 1. The summed E-state index contributed by atoms with van der Waals surface area (Å²) in [5, 5.41) is 21.2. The van der Waals surface area contributed by atoms with Crippen LogP contribution in [0.4, 0.5) is 0 Å². The maximum Gasteiger partial charge on any atom is 0.156 e. The topological polar surface area (TPSA) is 77.4 Å². The zero-order valence-corrected chi connectivity index (χ0v) is 11.7. The third-order valence-electron chi connectivity index (χ3n) is 3.56. The molecular weight excluding hydrogens is 244 g/mol. The van der Waals surface area contributed by atoms with Crippen LogP contribution >= 0.6 is 0 Å². The molecule has 0 aromatic rings. The first-order valence-corrected chi connectivity index (χ1v) is 6.11. The summed E-state index contributed by atoms with van der Waals surface area (Å²) >= 11 is 0. The predicted molar refractivity (Wildman–Crippen MR) is 70.0 cm³/mol. The molecule has 1 N–H and O–H groups in total. The fourth-order valence-corrected chi connectivity index (χ4v) is 2.35. The molecule has 4 nitrogen and oxygen atoms in total. The molecule has 1 aliphatic rings. The minimum absolute atomic E-state index is 0.0115. The Balaban J connectivity index is 3.15. The van der Waals surface area contributed by atoms with Gasteiger partial charge >= 0.3 is 0 Å². The minimum atomic E-state index is -1.28. The Bertz CT molecular complexity index is 494. The van der Waals surface area contributed by atoms with Gasteiger partial charge < -0.3 is 15.0 Å². The van der Waals surface area contributed by atoms with Gasteiger partial charge in [-0.25, -0.2) is 0 Å². The van der Waals surface area contributed by atoms with E-state index in [-0.39, 0.29) is 12.2 Å². The Morgan fingerprint density at radius 3 is 2.53 bits per heavy atom. The van der Waals surface area contributed by atoms with E-state index in [0.717, 1.165) is 6.08 Å². The molecule has 1 atom stereocenters. The fraction of sp³-hybridized carbons (Fsp3) is 0.467. The van der Waals surface area contributed by atoms with Crippen LogP contribution in [0.1, 0.15) is 34.1 Å². The van der Waals surface area contributed by atoms with Crippen LogP contribution in [0.2, 0.25) is 0 Å². The van der Waals surface area contributed by atoms with Crippen LogP contribution in [-0.2, 0) is 9.59 Å². The molecule has 0 saturated carbocycles. The molecule has 0 aromatic carbocycles. The molecule has 0 saturated heterocycles. The lowest BCUT2D eigenvalue weighted by molar-refractivity contribution is -0.297. The maximum atomic E-state index is 11.6. The van der Waals surface area contributed by atoms with Crippen LogP contribution in [0.15, 0.2) is 35.5 Å². The molecule has 0 spiro atoms. The number of aliphatic carboxylic acids is 1. The first-order valence-electron chi connectivity index (χ1n) is 6.11. The summed E-state index contributed by atoms with van der Waals surface area (Å²) in [6, 6.07) is 0. The molecule has 0 aliphatic heterocycles. The molecule has 0 aromatic heterocycles. The van der Waals surface area contributed by atoms with Gasteiger partial charge in [0.2, 0.25) is 0 Å². The van der Waals surface area contributed by atoms with Crippen molar-refractivity contribution in [3.8, 4) is 0 Å². The van der Waals surface area contributed by atoms with Crippen molar-refractivity contribution in [1.29, 1.82) is 0 Å². The highest BCUT2D eigenvalue weighted by molar-refractivity contribution is 5.92. The van der Waals surface area contributed by atoms with Crippen molar-refractivity contribution in [2.45, 2.75) is 39.7 Å². The third kappa shape index (κ3) is 3.20. The second kappa shape index (κ2) is 5.13. The van der Waals surface area contributed by atoms with E-state index in [4.69, 9.17) is 0 Å². The number of hydrogen-bond acceptors (Lipinski definition) is 4. The van der Waals surface area contributed by atoms with Crippen molar-refractivity contribution < 1.29 is 19.8 Å². The van der Waals surface area contributed by atoms with Gasteiger partial charge in [-0.3, -0.25) is 4.79 Å². The van der Waals surface area contributed by atoms with Gasteiger partial charge in [0.15, 0.2) is 5.78 Å². The summed E-state index contributed by atoms with van der Waals surface area (Å²) < 4.78 is 0. The Kier molecular flexibility index (Phi) is 4.15. The zero-order chi connectivity index (χ0) is 14.8. The van der Waals surface area contributed by atoms with Crippen molar-refractivity contribution in [3.05, 3.63) is 35.5 Å². The van der Waals surface area contributed by atoms with Gasteiger partial charge in [-0.1, -0.05) is 19.9 Å². The number of hydrogen-bond donors (Lipinski definition) is 1. The summed E-state index contributed by atoms with van der Waals surface area (Å²) in [4.78, 5) is 22.0. The minimum Gasteiger partial charge on any atom is -0.545 e. The van der Waals surface area contributed by atoms with Crippen molar-refractivity contribution in [2.75, 3.05) is 0 Å². The van der Waals surface area contributed by atoms with E-state index in [1.165, 1.54) is 12.2 Å². The molecule has 1 rings (SSSR count). The van der Waals surface area contributed by atoms with Crippen molar-refractivity contribution in [1.82, 2.24) is 0 Å². The van der Waals surface area contributed by atoms with Gasteiger partial charge in [-0.15, -0.1) is 0 Å². The molecule has 0 amide bonds. The van der Waals surface area contributed by atoms with E-state index >= 15 is 0 Å². The predicted octanol–water partition coefficient (Wildman–Crippen LogP) is 0.915. The lowest BCUT2D eigenvalue weighted by Crippen LogP contribution is -2.48. The summed E-state index contributed by atoms with van der Waals surface area (Å²) in [7, 11) is 0. The van der Waals surface area contributed by atoms with Crippen LogP contribution in [0.3, 0.4) is 0 Å². The van der Waals surface area contributed by atoms with Crippen LogP contribution in [-0.4, -0.2) is 22.5 Å². The highest BCUT2D eigenvalue weighted by atomic mass is 16.4. The van der Waals surface area contributed by atoms with Crippen LogP contribution in [0.25, 0.3) is 0 Å². The molecule has 104 valence electrons. The first kappa shape index (κ1) is 15.4. The summed E-state index contributed by atoms with van der Waals surface area (Å²) in [6.45, 7) is 6.92. The Morgan fingerprint density at radius 2 is 2.05 bits per heavy atom. The Morgan fingerprint density at radius 1 is 1.47 bits per heavy atom. The fourth-order valence-electron chi connectivity index (χ4n) is 2.35. The monoisotopic (exact) mass is 263 g/mol. The molecule has 1 aliphatic carbocycles. The standard InChI is InChI=1S/C15H20O4/c1-10(7-13(17)18)5-6-15(19)11(2)8-12(16)9-14(15,3)4/h5-8,19H,9H2,1-4H3,(H,17,18)/p-1/b6-5+,10-7+/t15-/m1/s1. The van der Waals surface area contributed by atoms with Gasteiger partial charge in [0.05, 0.1) is 5.97 Å². The molecule has 0 unspecified atom stereocenters. The highest BCUT2D eigenvalue weighted by Gasteiger charge is 2.46. The summed E-state index contributed by atoms with van der Waals surface area (Å²) in [5.41, 5.74) is -0.872. The normalized spacial score (nSPS) is 27.5. The lowest BCUT2D eigenvalue weighted by Gasteiger charge is -2.44. The number of aliphatic hydroxyl groups is 1. The van der Waals surface area contributed by atoms with Gasteiger partial charge in [0.25, 0.3) is 0 Å². The van der Waals surface area contributed by atoms with Crippen LogP contribution < -0.4 is 5.11 Å². The number of carbonyl (C=O) groups excluding carboxylic acids is 2. The van der Waals surface area contributed by atoms with Crippen molar-refractivity contribution >= 4 is 11.8 Å². The summed E-state index contributed by atoms with van der Waals surface area (Å²) in [6.07, 6.45) is 5.71. The van der Waals surface area contributed by atoms with Crippen molar-refractivity contribution in [3.63, 3.8) is 0 Å². The lowest BCUT2D eigenvalue weighted by atomic mass is 9.64. The SMILES string of the molecule is CC1=CC(=O)CC(C)(C)[C@@]1(O)/C=C/C(C)=C/C(=O)[O-]. The molecule has 0 radical (unpaired) electrons. The van der Waals surface area contributed by atoms with E-state index < -0.39 is 17.0 Å². The van der Waals surface area contributed by atoms with Gasteiger partial charge in [-0.05, 0) is 43.2 Å². The Labute approximate surface area is 113 Å². The molecule has 0 fully saturated rings. The first-order chi connectivity index (χ1) is 8.58. The maximum absolute atomic E-state index is 11.6. The number of ketones is 1. The van der Waals surface area contributed by atoms with Crippen molar-refractivity contribution in [2.24, 2.45) is 5.41 Å². The third-order valence-corrected chi connectivity index (χ3v) is 3.56. The summed E-state index contributed by atoms with van der Waals surface area (Å²) in [5.74, 6) is -1.29. The average Bonchev–Trinajstić information content (AvgIpc) is 2.21. The number of carboxylic acids is 1. The number of carbonyl (C=O) groups is 2. The average molecular weight is 263 g/mol. The van der Waals surface area contributed by atoms with E-state index in [9.17, 15) is 19.8 Å². The molecule has 0 bridgehead atoms.